The molecule has 1 aliphatic rings. The fourth-order valence-electron chi connectivity index (χ4n) is 3.11. The molecular weight excluding hydrogens is 372 g/mol. The lowest BCUT2D eigenvalue weighted by Gasteiger charge is -2.26. The van der Waals surface area contributed by atoms with Crippen LogP contribution < -0.4 is 15.8 Å². The highest BCUT2D eigenvalue weighted by Gasteiger charge is 2.55. The van der Waals surface area contributed by atoms with E-state index in [1.807, 2.05) is 0 Å². The van der Waals surface area contributed by atoms with E-state index in [0.29, 0.717) is 16.9 Å². The van der Waals surface area contributed by atoms with Crippen LogP contribution in [0.25, 0.3) is 0 Å². The van der Waals surface area contributed by atoms with Crippen molar-refractivity contribution in [2.24, 2.45) is 11.7 Å². The first kappa shape index (κ1) is 20.7. The minimum Gasteiger partial charge on any atom is -0.497 e. The van der Waals surface area contributed by atoms with Crippen molar-refractivity contribution in [3.8, 4) is 5.75 Å². The average molecular weight is 396 g/mol. The molecule has 0 spiro atoms. The van der Waals surface area contributed by atoms with Crippen molar-refractivity contribution in [2.45, 2.75) is 25.0 Å². The fraction of sp³-hybridized carbons (Fsp3) is 0.318. The van der Waals surface area contributed by atoms with Crippen LogP contribution in [0.5, 0.6) is 5.75 Å². The molecule has 3 atom stereocenters. The van der Waals surface area contributed by atoms with Gasteiger partial charge < -0.3 is 15.2 Å². The van der Waals surface area contributed by atoms with Crippen molar-refractivity contribution >= 4 is 17.6 Å². The molecule has 1 fully saturated rings. The molecule has 2 amide bonds. The molecule has 0 bridgehead atoms. The molecule has 7 heteroatoms. The lowest BCUT2D eigenvalue weighted by atomic mass is 9.85. The number of epoxide rings is 1. The van der Waals surface area contributed by atoms with Crippen LogP contribution in [0.4, 0.5) is 0 Å². The summed E-state index contributed by atoms with van der Waals surface area (Å²) in [5, 5.41) is 2.31. The Morgan fingerprint density at radius 3 is 2.24 bits per heavy atom. The molecule has 3 N–H and O–H groups in total. The quantitative estimate of drug-likeness (QED) is 0.419. The van der Waals surface area contributed by atoms with Gasteiger partial charge in [0, 0.05) is 5.56 Å². The summed E-state index contributed by atoms with van der Waals surface area (Å²) in [4.78, 5) is 38.7. The predicted octanol–water partition coefficient (Wildman–Crippen LogP) is 1.80. The van der Waals surface area contributed by atoms with Crippen LogP contribution in [0, 0.1) is 5.92 Å². The van der Waals surface area contributed by atoms with Crippen molar-refractivity contribution in [1.82, 2.24) is 5.32 Å². The summed E-state index contributed by atoms with van der Waals surface area (Å²) in [5.41, 5.74) is 4.67. The number of benzene rings is 2. The number of carbonyl (C=O) groups is 3. The highest BCUT2D eigenvalue weighted by Crippen LogP contribution is 2.37. The lowest BCUT2D eigenvalue weighted by molar-refractivity contribution is -0.135. The van der Waals surface area contributed by atoms with Crippen LogP contribution in [0.1, 0.15) is 29.8 Å². The molecule has 0 unspecified atom stereocenters. The molecular formula is C22H24N2O5. The van der Waals surface area contributed by atoms with Gasteiger partial charge in [0.15, 0.2) is 5.78 Å². The number of rotatable bonds is 7. The van der Waals surface area contributed by atoms with Crippen LogP contribution in [-0.4, -0.2) is 36.9 Å². The molecule has 2 aromatic rings. The number of ketones is 1. The lowest BCUT2D eigenvalue weighted by Crippen LogP contribution is -2.54. The number of methoxy groups -OCH3 is 1. The third kappa shape index (κ3) is 4.21. The summed E-state index contributed by atoms with van der Waals surface area (Å²) in [7, 11) is 1.53. The van der Waals surface area contributed by atoms with Gasteiger partial charge in [0.05, 0.1) is 13.7 Å². The largest absolute Gasteiger partial charge is 0.497 e. The topological polar surface area (TPSA) is 111 Å². The minimum absolute atomic E-state index is 0.260. The van der Waals surface area contributed by atoms with Gasteiger partial charge in [0.1, 0.15) is 22.8 Å². The number of nitrogens with one attached hydrogen (secondary N) is 1. The number of carbonyl (C=O) groups excluding carboxylic acids is 3. The van der Waals surface area contributed by atoms with Gasteiger partial charge in [-0.15, -0.1) is 0 Å². The Kier molecular flexibility index (Phi) is 5.55. The van der Waals surface area contributed by atoms with E-state index in [1.54, 1.807) is 61.5 Å². The minimum atomic E-state index is -1.48. The summed E-state index contributed by atoms with van der Waals surface area (Å²) in [5.74, 6) is -2.37. The van der Waals surface area contributed by atoms with E-state index in [2.05, 4.69) is 5.32 Å². The summed E-state index contributed by atoms with van der Waals surface area (Å²) in [6.45, 7) is 3.44. The maximum absolute atomic E-state index is 12.9. The zero-order valence-corrected chi connectivity index (χ0v) is 16.6. The SMILES string of the molecule is COc1ccc([C@](C)(N)C(=O)NC(=O)[C@H](C(=O)c2ccccc2)[C@]2(C)CO2)cc1. The molecule has 0 aromatic heterocycles. The summed E-state index contributed by atoms with van der Waals surface area (Å²) in [6.07, 6.45) is 0. The second kappa shape index (κ2) is 7.77. The molecule has 0 aliphatic carbocycles. The Bertz CT molecular complexity index is 918. The second-order valence-corrected chi connectivity index (χ2v) is 7.51. The number of Topliss-reactive ketones (excluding diaryl/α,β-unsaturated/α-hetero) is 1. The van der Waals surface area contributed by atoms with Crippen molar-refractivity contribution in [3.05, 3.63) is 65.7 Å². The molecule has 2 aromatic carbocycles. The Morgan fingerprint density at radius 1 is 1.14 bits per heavy atom. The number of hydrogen-bond donors (Lipinski definition) is 2. The zero-order chi connectivity index (χ0) is 21.2. The van der Waals surface area contributed by atoms with Crippen LogP contribution in [-0.2, 0) is 19.9 Å². The normalized spacial score (nSPS) is 20.8. The van der Waals surface area contributed by atoms with Gasteiger partial charge in [-0.25, -0.2) is 0 Å². The third-order valence-corrected chi connectivity index (χ3v) is 5.19. The molecule has 0 saturated carbocycles. The van der Waals surface area contributed by atoms with E-state index in [0.717, 1.165) is 0 Å². The highest BCUT2D eigenvalue weighted by molar-refractivity contribution is 6.15. The van der Waals surface area contributed by atoms with Gasteiger partial charge in [0.2, 0.25) is 5.91 Å². The Balaban J connectivity index is 1.80. The van der Waals surface area contributed by atoms with E-state index in [-0.39, 0.29) is 6.61 Å². The fourth-order valence-corrected chi connectivity index (χ4v) is 3.11. The number of nitrogens with two attached hydrogens (primary N) is 1. The van der Waals surface area contributed by atoms with E-state index in [9.17, 15) is 14.4 Å². The standard InChI is InChI=1S/C22H24N2O5/c1-21(13-29-21)17(18(25)14-7-5-4-6-8-14)19(26)24-20(27)22(2,23)15-9-11-16(28-3)12-10-15/h4-12,17H,13,23H2,1-3H3,(H,24,26,27)/t17-,21-,22-/m0/s1. The first-order valence-electron chi connectivity index (χ1n) is 9.21. The van der Waals surface area contributed by atoms with Crippen molar-refractivity contribution in [2.75, 3.05) is 13.7 Å². The van der Waals surface area contributed by atoms with Crippen LogP contribution in [0.15, 0.2) is 54.6 Å². The van der Waals surface area contributed by atoms with Gasteiger partial charge in [-0.3, -0.25) is 19.7 Å². The van der Waals surface area contributed by atoms with E-state index >= 15 is 0 Å². The maximum Gasteiger partial charge on any atom is 0.250 e. The van der Waals surface area contributed by atoms with Gasteiger partial charge in [-0.05, 0) is 31.5 Å². The smallest absolute Gasteiger partial charge is 0.250 e. The van der Waals surface area contributed by atoms with Crippen LogP contribution >= 0.6 is 0 Å². The first-order valence-corrected chi connectivity index (χ1v) is 9.21. The molecule has 152 valence electrons. The molecule has 1 heterocycles. The summed E-state index contributed by atoms with van der Waals surface area (Å²) >= 11 is 0. The monoisotopic (exact) mass is 396 g/mol. The molecule has 29 heavy (non-hydrogen) atoms. The summed E-state index contributed by atoms with van der Waals surface area (Å²) in [6, 6.07) is 15.1. The molecule has 7 nitrogen and oxygen atoms in total. The van der Waals surface area contributed by atoms with Crippen molar-refractivity contribution in [1.29, 1.82) is 0 Å². The number of amides is 2. The summed E-state index contributed by atoms with van der Waals surface area (Å²) < 4.78 is 10.5. The number of ether oxygens (including phenoxy) is 2. The molecule has 0 radical (unpaired) electrons. The molecule has 1 saturated heterocycles. The van der Waals surface area contributed by atoms with Gasteiger partial charge in [-0.2, -0.15) is 0 Å². The average Bonchev–Trinajstić information content (AvgIpc) is 3.46. The Morgan fingerprint density at radius 2 is 1.72 bits per heavy atom. The third-order valence-electron chi connectivity index (χ3n) is 5.19. The second-order valence-electron chi connectivity index (χ2n) is 7.51. The van der Waals surface area contributed by atoms with E-state index in [4.69, 9.17) is 15.2 Å². The molecule has 3 rings (SSSR count). The van der Waals surface area contributed by atoms with Gasteiger partial charge in [-0.1, -0.05) is 42.5 Å². The predicted molar refractivity (Wildman–Crippen MR) is 106 cm³/mol. The molecule has 1 aliphatic heterocycles. The maximum atomic E-state index is 12.9. The zero-order valence-electron chi connectivity index (χ0n) is 16.6. The van der Waals surface area contributed by atoms with Crippen molar-refractivity contribution in [3.63, 3.8) is 0 Å². The van der Waals surface area contributed by atoms with E-state index < -0.39 is 34.7 Å². The Labute approximate surface area is 169 Å². The van der Waals surface area contributed by atoms with Crippen LogP contribution in [0.2, 0.25) is 0 Å². The van der Waals surface area contributed by atoms with Gasteiger partial charge >= 0.3 is 0 Å². The van der Waals surface area contributed by atoms with E-state index in [1.165, 1.54) is 14.0 Å². The first-order chi connectivity index (χ1) is 13.7. The number of hydrogen-bond acceptors (Lipinski definition) is 6. The highest BCUT2D eigenvalue weighted by atomic mass is 16.6. The van der Waals surface area contributed by atoms with Crippen molar-refractivity contribution < 1.29 is 23.9 Å². The van der Waals surface area contributed by atoms with Gasteiger partial charge in [0.25, 0.3) is 5.91 Å². The number of imide groups is 1. The Hall–Kier alpha value is -3.03. The van der Waals surface area contributed by atoms with Crippen LogP contribution in [0.3, 0.4) is 0 Å².